The van der Waals surface area contributed by atoms with E-state index in [-0.39, 0.29) is 35.2 Å². The van der Waals surface area contributed by atoms with Crippen molar-refractivity contribution < 1.29 is 27.4 Å². The maximum absolute atomic E-state index is 13.7. The summed E-state index contributed by atoms with van der Waals surface area (Å²) in [5.41, 5.74) is 0.473. The van der Waals surface area contributed by atoms with Crippen molar-refractivity contribution in [3.05, 3.63) is 29.1 Å². The Morgan fingerprint density at radius 1 is 1.42 bits per heavy atom. The molecule has 0 aliphatic heterocycles. The van der Waals surface area contributed by atoms with E-state index in [1.165, 1.54) is 6.07 Å². The molecule has 1 aromatic rings. The van der Waals surface area contributed by atoms with Gasteiger partial charge in [0.05, 0.1) is 13.0 Å². The highest BCUT2D eigenvalue weighted by Gasteiger charge is 2.16. The van der Waals surface area contributed by atoms with Crippen LogP contribution in [-0.2, 0) is 21.3 Å². The zero-order chi connectivity index (χ0) is 14.4. The van der Waals surface area contributed by atoms with Gasteiger partial charge in [0.1, 0.15) is 11.6 Å². The quantitative estimate of drug-likeness (QED) is 0.588. The minimum Gasteiger partial charge on any atom is -0.466 e. The maximum Gasteiger partial charge on any atom is 0.387 e. The van der Waals surface area contributed by atoms with Crippen LogP contribution >= 0.6 is 15.9 Å². The molecule has 0 aromatic heterocycles. The van der Waals surface area contributed by atoms with Crippen molar-refractivity contribution in [3.63, 3.8) is 0 Å². The molecule has 0 amide bonds. The Kier molecular flexibility index (Phi) is 6.14. The predicted molar refractivity (Wildman–Crippen MR) is 66.0 cm³/mol. The van der Waals surface area contributed by atoms with Crippen LogP contribution in [0.1, 0.15) is 18.1 Å². The summed E-state index contributed by atoms with van der Waals surface area (Å²) in [5.74, 6) is -1.59. The molecule has 0 unspecified atom stereocenters. The van der Waals surface area contributed by atoms with Gasteiger partial charge in [0.25, 0.3) is 0 Å². The van der Waals surface area contributed by atoms with Crippen LogP contribution in [-0.4, -0.2) is 19.2 Å². The number of carbonyl (C=O) groups excluding carboxylic acids is 1. The molecule has 0 heterocycles. The Morgan fingerprint density at radius 3 is 2.63 bits per heavy atom. The SMILES string of the molecule is CCOC(=O)Cc1cc(OC(F)F)cc(F)c1CBr. The summed E-state index contributed by atoms with van der Waals surface area (Å²) in [6.45, 7) is -1.22. The fourth-order valence-electron chi connectivity index (χ4n) is 1.51. The summed E-state index contributed by atoms with van der Waals surface area (Å²) < 4.78 is 46.8. The van der Waals surface area contributed by atoms with Crippen LogP contribution in [0.5, 0.6) is 5.75 Å². The fraction of sp³-hybridized carbons (Fsp3) is 0.417. The van der Waals surface area contributed by atoms with E-state index in [2.05, 4.69) is 20.7 Å². The molecule has 0 saturated heterocycles. The third-order valence-corrected chi connectivity index (χ3v) is 2.82. The number of hydrogen-bond acceptors (Lipinski definition) is 3. The van der Waals surface area contributed by atoms with Gasteiger partial charge in [-0.15, -0.1) is 0 Å². The van der Waals surface area contributed by atoms with Crippen molar-refractivity contribution in [1.82, 2.24) is 0 Å². The molecule has 19 heavy (non-hydrogen) atoms. The summed E-state index contributed by atoms with van der Waals surface area (Å²) in [4.78, 5) is 11.4. The van der Waals surface area contributed by atoms with Gasteiger partial charge in [-0.1, -0.05) is 15.9 Å². The molecule has 0 spiro atoms. The minimum absolute atomic E-state index is 0.155. The number of rotatable bonds is 6. The molecule has 0 atom stereocenters. The van der Waals surface area contributed by atoms with Crippen LogP contribution in [0.25, 0.3) is 0 Å². The van der Waals surface area contributed by atoms with Gasteiger partial charge in [-0.25, -0.2) is 4.39 Å². The van der Waals surface area contributed by atoms with Gasteiger partial charge in [0, 0.05) is 17.0 Å². The van der Waals surface area contributed by atoms with Crippen molar-refractivity contribution in [2.75, 3.05) is 6.61 Å². The van der Waals surface area contributed by atoms with Gasteiger partial charge < -0.3 is 9.47 Å². The highest BCUT2D eigenvalue weighted by molar-refractivity contribution is 9.08. The van der Waals surface area contributed by atoms with Crippen LogP contribution < -0.4 is 4.74 Å². The van der Waals surface area contributed by atoms with Crippen LogP contribution in [0, 0.1) is 5.82 Å². The average Bonchev–Trinajstić information content (AvgIpc) is 2.27. The number of esters is 1. The monoisotopic (exact) mass is 340 g/mol. The van der Waals surface area contributed by atoms with Crippen LogP contribution in [0.2, 0.25) is 0 Å². The Labute approximate surface area is 116 Å². The normalized spacial score (nSPS) is 10.6. The highest BCUT2D eigenvalue weighted by Crippen LogP contribution is 2.25. The Morgan fingerprint density at radius 2 is 2.11 bits per heavy atom. The first-order valence-corrected chi connectivity index (χ1v) is 6.57. The zero-order valence-electron chi connectivity index (χ0n) is 10.1. The van der Waals surface area contributed by atoms with E-state index in [4.69, 9.17) is 4.74 Å². The van der Waals surface area contributed by atoms with E-state index in [9.17, 15) is 18.0 Å². The first kappa shape index (κ1) is 15.8. The van der Waals surface area contributed by atoms with E-state index in [0.29, 0.717) is 0 Å². The number of hydrogen-bond donors (Lipinski definition) is 0. The average molecular weight is 341 g/mol. The first-order chi connectivity index (χ1) is 8.97. The minimum atomic E-state index is -3.05. The Balaban J connectivity index is 3.04. The molecule has 0 saturated carbocycles. The molecule has 0 fully saturated rings. The van der Waals surface area contributed by atoms with Crippen molar-refractivity contribution in [2.24, 2.45) is 0 Å². The second kappa shape index (κ2) is 7.37. The Hall–Kier alpha value is -1.24. The van der Waals surface area contributed by atoms with Crippen LogP contribution in [0.15, 0.2) is 12.1 Å². The fourth-order valence-corrected chi connectivity index (χ4v) is 2.14. The van der Waals surface area contributed by atoms with E-state index >= 15 is 0 Å². The summed E-state index contributed by atoms with van der Waals surface area (Å²) >= 11 is 3.08. The second-order valence-corrected chi connectivity index (χ2v) is 4.10. The molecule has 7 heteroatoms. The summed E-state index contributed by atoms with van der Waals surface area (Å²) in [6.07, 6.45) is -0.202. The second-order valence-electron chi connectivity index (χ2n) is 3.54. The first-order valence-electron chi connectivity index (χ1n) is 5.45. The summed E-state index contributed by atoms with van der Waals surface area (Å²) in [5, 5.41) is 0.155. The van der Waals surface area contributed by atoms with Crippen molar-refractivity contribution >= 4 is 21.9 Å². The molecular formula is C12H12BrF3O3. The largest absolute Gasteiger partial charge is 0.466 e. The smallest absolute Gasteiger partial charge is 0.387 e. The number of ether oxygens (including phenoxy) is 2. The molecule has 0 N–H and O–H groups in total. The molecule has 106 valence electrons. The van der Waals surface area contributed by atoms with Crippen LogP contribution in [0.3, 0.4) is 0 Å². The third kappa shape index (κ3) is 4.74. The topological polar surface area (TPSA) is 35.5 Å². The molecule has 1 aromatic carbocycles. The van der Waals surface area contributed by atoms with Gasteiger partial charge in [-0.2, -0.15) is 8.78 Å². The molecule has 0 aliphatic carbocycles. The predicted octanol–water partition coefficient (Wildman–Crippen LogP) is 3.43. The van der Waals surface area contributed by atoms with Gasteiger partial charge in [0.15, 0.2) is 0 Å². The van der Waals surface area contributed by atoms with Gasteiger partial charge >= 0.3 is 12.6 Å². The Bertz CT molecular complexity index is 452. The summed E-state index contributed by atoms with van der Waals surface area (Å²) in [6, 6.07) is 2.07. The van der Waals surface area contributed by atoms with Crippen molar-refractivity contribution in [3.8, 4) is 5.75 Å². The summed E-state index contributed by atoms with van der Waals surface area (Å²) in [7, 11) is 0. The van der Waals surface area contributed by atoms with Crippen LogP contribution in [0.4, 0.5) is 13.2 Å². The maximum atomic E-state index is 13.7. The standard InChI is InChI=1S/C12H12BrF3O3/c1-2-18-11(17)4-7-3-8(19-12(15)16)5-10(14)9(7)6-13/h3,5,12H,2,4,6H2,1H3. The third-order valence-electron chi connectivity index (χ3n) is 2.26. The highest BCUT2D eigenvalue weighted by atomic mass is 79.9. The van der Waals surface area contributed by atoms with E-state index in [1.807, 2.05) is 0 Å². The van der Waals surface area contributed by atoms with E-state index in [0.717, 1.165) is 6.07 Å². The number of halogens is 4. The zero-order valence-corrected chi connectivity index (χ0v) is 11.7. The van der Waals surface area contributed by atoms with Gasteiger partial charge in [-0.05, 0) is 18.6 Å². The molecule has 3 nitrogen and oxygen atoms in total. The number of alkyl halides is 3. The molecule has 0 aliphatic rings. The lowest BCUT2D eigenvalue weighted by Gasteiger charge is -2.12. The number of carbonyl (C=O) groups is 1. The van der Waals surface area contributed by atoms with E-state index < -0.39 is 18.4 Å². The lowest BCUT2D eigenvalue weighted by molar-refractivity contribution is -0.142. The van der Waals surface area contributed by atoms with Gasteiger partial charge in [0.2, 0.25) is 0 Å². The van der Waals surface area contributed by atoms with Gasteiger partial charge in [-0.3, -0.25) is 4.79 Å². The van der Waals surface area contributed by atoms with E-state index in [1.54, 1.807) is 6.92 Å². The lowest BCUT2D eigenvalue weighted by Crippen LogP contribution is -2.11. The molecule has 0 radical (unpaired) electrons. The van der Waals surface area contributed by atoms with Crippen molar-refractivity contribution in [2.45, 2.75) is 25.3 Å². The number of benzene rings is 1. The molecular weight excluding hydrogens is 329 g/mol. The van der Waals surface area contributed by atoms with Crippen molar-refractivity contribution in [1.29, 1.82) is 0 Å². The molecule has 1 rings (SSSR count). The molecule has 0 bridgehead atoms. The lowest BCUT2D eigenvalue weighted by atomic mass is 10.0.